The van der Waals surface area contributed by atoms with Crippen LogP contribution in [-0.4, -0.2) is 30.8 Å². The van der Waals surface area contributed by atoms with E-state index in [0.29, 0.717) is 22.9 Å². The molecule has 0 saturated heterocycles. The van der Waals surface area contributed by atoms with Crippen molar-refractivity contribution in [2.24, 2.45) is 0 Å². The fraction of sp³-hybridized carbons (Fsp3) is 0.148. The molecule has 0 bridgehead atoms. The Balaban J connectivity index is 1.26. The van der Waals surface area contributed by atoms with E-state index in [1.165, 1.54) is 29.3 Å². The molecule has 4 N–H and O–H groups in total. The molecule has 0 aliphatic heterocycles. The van der Waals surface area contributed by atoms with Crippen molar-refractivity contribution in [2.45, 2.75) is 17.9 Å². The van der Waals surface area contributed by atoms with E-state index in [9.17, 15) is 13.5 Å². The van der Waals surface area contributed by atoms with Crippen LogP contribution < -0.4 is 10.0 Å². The molecule has 1 aromatic heterocycles. The number of hydrogen-bond acceptors (Lipinski definition) is 5. The molecule has 2 atom stereocenters. The predicted molar refractivity (Wildman–Crippen MR) is 138 cm³/mol. The zero-order valence-corrected chi connectivity index (χ0v) is 19.8. The average molecular weight is 485 g/mol. The number of allylic oxidation sites excluding steroid dienone is 3. The Kier molecular flexibility index (Phi) is 5.10. The third-order valence-electron chi connectivity index (χ3n) is 6.61. The molecular weight excluding hydrogens is 460 g/mol. The van der Waals surface area contributed by atoms with Gasteiger partial charge >= 0.3 is 0 Å². The molecule has 176 valence electrons. The van der Waals surface area contributed by atoms with E-state index in [4.69, 9.17) is 0 Å². The van der Waals surface area contributed by atoms with Gasteiger partial charge in [0.05, 0.1) is 17.0 Å². The lowest BCUT2D eigenvalue weighted by Gasteiger charge is -2.16. The van der Waals surface area contributed by atoms with Gasteiger partial charge in [0.2, 0.25) is 10.0 Å². The minimum Gasteiger partial charge on any atom is -0.368 e. The Morgan fingerprint density at radius 2 is 1.89 bits per heavy atom. The molecule has 0 spiro atoms. The zero-order chi connectivity index (χ0) is 24.2. The Bertz CT molecular complexity index is 1620. The van der Waals surface area contributed by atoms with Crippen molar-refractivity contribution in [3.05, 3.63) is 106 Å². The molecule has 0 amide bonds. The van der Waals surface area contributed by atoms with Gasteiger partial charge in [-0.05, 0) is 70.8 Å². The summed E-state index contributed by atoms with van der Waals surface area (Å²) in [5.41, 5.74) is 8.90. The molecule has 35 heavy (non-hydrogen) atoms. The van der Waals surface area contributed by atoms with Gasteiger partial charge in [-0.1, -0.05) is 48.5 Å². The summed E-state index contributed by atoms with van der Waals surface area (Å²) in [6.45, 7) is 0. The highest BCUT2D eigenvalue weighted by atomic mass is 32.2. The first-order valence-corrected chi connectivity index (χ1v) is 13.0. The lowest BCUT2D eigenvalue weighted by atomic mass is 9.88. The van der Waals surface area contributed by atoms with Crippen molar-refractivity contribution in [3.63, 3.8) is 0 Å². The molecule has 0 saturated carbocycles. The van der Waals surface area contributed by atoms with Crippen LogP contribution in [0.2, 0.25) is 0 Å². The Hall–Kier alpha value is -3.72. The van der Waals surface area contributed by atoms with E-state index in [1.807, 2.05) is 6.07 Å². The van der Waals surface area contributed by atoms with Gasteiger partial charge in [0.1, 0.15) is 0 Å². The number of aromatic amines is 1. The fourth-order valence-electron chi connectivity index (χ4n) is 4.69. The second-order valence-corrected chi connectivity index (χ2v) is 10.8. The summed E-state index contributed by atoms with van der Waals surface area (Å²) < 4.78 is 25.8. The Labute approximate surface area is 203 Å². The number of hydrogen-bond donors (Lipinski definition) is 4. The molecule has 0 radical (unpaired) electrons. The van der Waals surface area contributed by atoms with Gasteiger partial charge in [-0.15, -0.1) is 0 Å². The van der Waals surface area contributed by atoms with E-state index in [0.717, 1.165) is 16.5 Å². The van der Waals surface area contributed by atoms with Crippen LogP contribution in [0, 0.1) is 0 Å². The first-order valence-electron chi connectivity index (χ1n) is 11.4. The summed E-state index contributed by atoms with van der Waals surface area (Å²) in [5, 5.41) is 22.2. The summed E-state index contributed by atoms with van der Waals surface area (Å²) in [4.78, 5) is 0. The van der Waals surface area contributed by atoms with Crippen molar-refractivity contribution >= 4 is 38.3 Å². The van der Waals surface area contributed by atoms with E-state index < -0.39 is 16.3 Å². The number of aliphatic hydroxyl groups is 1. The number of aliphatic hydroxyl groups excluding tert-OH is 1. The first kappa shape index (κ1) is 21.8. The molecule has 8 heteroatoms. The van der Waals surface area contributed by atoms with Gasteiger partial charge in [0.25, 0.3) is 0 Å². The van der Waals surface area contributed by atoms with Gasteiger partial charge < -0.3 is 10.4 Å². The highest BCUT2D eigenvalue weighted by molar-refractivity contribution is 7.88. The van der Waals surface area contributed by atoms with Gasteiger partial charge in [-0.25, -0.2) is 13.1 Å². The quantitative estimate of drug-likeness (QED) is 0.293. The van der Waals surface area contributed by atoms with Crippen LogP contribution in [0.1, 0.15) is 40.1 Å². The Morgan fingerprint density at radius 3 is 2.69 bits per heavy atom. The van der Waals surface area contributed by atoms with Gasteiger partial charge in [-0.2, -0.15) is 5.10 Å². The predicted octanol–water partition coefficient (Wildman–Crippen LogP) is 4.29. The normalized spacial score (nSPS) is 17.3. The van der Waals surface area contributed by atoms with Crippen molar-refractivity contribution < 1.29 is 13.5 Å². The number of nitrogens with zero attached hydrogens (tertiary/aromatic N) is 1. The molecule has 6 rings (SSSR count). The first-order chi connectivity index (χ1) is 16.9. The summed E-state index contributed by atoms with van der Waals surface area (Å²) >= 11 is 0. The van der Waals surface area contributed by atoms with E-state index in [2.05, 4.69) is 68.8 Å². The number of anilines is 1. The van der Waals surface area contributed by atoms with Gasteiger partial charge in [0.15, 0.2) is 6.23 Å². The van der Waals surface area contributed by atoms with Crippen molar-refractivity contribution in [3.8, 4) is 0 Å². The molecule has 2 unspecified atom stereocenters. The van der Waals surface area contributed by atoms with Gasteiger partial charge in [-0.3, -0.25) is 5.10 Å². The molecule has 7 nitrogen and oxygen atoms in total. The van der Waals surface area contributed by atoms with Crippen LogP contribution in [0.25, 0.3) is 22.6 Å². The maximum Gasteiger partial charge on any atom is 0.215 e. The number of nitrogens with one attached hydrogen (secondary N) is 3. The maximum atomic E-state index is 11.8. The highest BCUT2D eigenvalue weighted by Gasteiger charge is 2.34. The number of fused-ring (bicyclic) bond motifs is 4. The van der Waals surface area contributed by atoms with Crippen LogP contribution in [0.4, 0.5) is 5.69 Å². The summed E-state index contributed by atoms with van der Waals surface area (Å²) in [5.74, 6) is 0.293. The topological polar surface area (TPSA) is 107 Å². The number of benzene rings is 3. The molecule has 2 aliphatic carbocycles. The van der Waals surface area contributed by atoms with Crippen LogP contribution >= 0.6 is 0 Å². The van der Waals surface area contributed by atoms with E-state index in [-0.39, 0.29) is 5.75 Å². The van der Waals surface area contributed by atoms with Crippen molar-refractivity contribution in [2.75, 3.05) is 12.4 Å². The highest BCUT2D eigenvalue weighted by Crippen LogP contribution is 2.52. The SMILES string of the molecule is CNS(=O)(=O)Cc1ccc(NC(O)c2[nH]nc3ccc(C4=Cc5ccccc5C5C=C45)cc23)cc1. The summed E-state index contributed by atoms with van der Waals surface area (Å²) in [7, 11) is -1.95. The standard InChI is InChI=1S/C27H24N4O3S/c1-28-35(33,34)15-16-6-9-19(10-7-16)29-27(32)26-24-13-18(8-11-25(24)30-31-26)21-12-17-4-2-3-5-20(17)22-14-23(21)22/h2-14,22,27-29,32H,15H2,1H3,(H,30,31). The third kappa shape index (κ3) is 4.05. The van der Waals surface area contributed by atoms with E-state index >= 15 is 0 Å². The van der Waals surface area contributed by atoms with Crippen LogP contribution in [0.5, 0.6) is 0 Å². The largest absolute Gasteiger partial charge is 0.368 e. The van der Waals surface area contributed by atoms with Crippen LogP contribution in [0.3, 0.4) is 0 Å². The van der Waals surface area contributed by atoms with Gasteiger partial charge in [0, 0.05) is 17.0 Å². The van der Waals surface area contributed by atoms with Crippen LogP contribution in [0.15, 0.2) is 78.4 Å². The minimum absolute atomic E-state index is 0.0993. The number of aromatic nitrogens is 2. The lowest BCUT2D eigenvalue weighted by molar-refractivity contribution is 0.204. The summed E-state index contributed by atoms with van der Waals surface area (Å²) in [6.07, 6.45) is 3.51. The monoisotopic (exact) mass is 484 g/mol. The molecule has 2 aliphatic rings. The zero-order valence-electron chi connectivity index (χ0n) is 19.0. The van der Waals surface area contributed by atoms with E-state index in [1.54, 1.807) is 24.3 Å². The number of H-pyrrole nitrogens is 1. The molecule has 1 heterocycles. The second kappa shape index (κ2) is 8.20. The van der Waals surface area contributed by atoms with Crippen molar-refractivity contribution in [1.82, 2.24) is 14.9 Å². The lowest BCUT2D eigenvalue weighted by Crippen LogP contribution is -2.20. The van der Waals surface area contributed by atoms with Crippen molar-refractivity contribution in [1.29, 1.82) is 0 Å². The number of rotatable bonds is 7. The average Bonchev–Trinajstić information content (AvgIpc) is 3.56. The van der Waals surface area contributed by atoms with Crippen LogP contribution in [-0.2, 0) is 15.8 Å². The molecular formula is C27H24N4O3S. The Morgan fingerprint density at radius 1 is 1.09 bits per heavy atom. The minimum atomic E-state index is -3.34. The maximum absolute atomic E-state index is 11.8. The molecule has 0 fully saturated rings. The second-order valence-electron chi connectivity index (χ2n) is 8.86. The smallest absolute Gasteiger partial charge is 0.215 e. The third-order valence-corrected chi connectivity index (χ3v) is 7.94. The number of sulfonamides is 1. The molecule has 3 aromatic carbocycles. The summed E-state index contributed by atoms with van der Waals surface area (Å²) in [6, 6.07) is 21.5. The fourth-order valence-corrected chi connectivity index (χ4v) is 5.46. The molecule has 4 aromatic rings.